The van der Waals surface area contributed by atoms with Crippen LogP contribution in [0.1, 0.15) is 57.5 Å². The van der Waals surface area contributed by atoms with Gasteiger partial charge in [-0.3, -0.25) is 14.5 Å². The van der Waals surface area contributed by atoms with Crippen molar-refractivity contribution in [2.45, 2.75) is 64.1 Å². The zero-order valence-electron chi connectivity index (χ0n) is 34.7. The summed E-state index contributed by atoms with van der Waals surface area (Å²) in [6, 6.07) is 39.6. The maximum Gasteiger partial charge on any atom is 0.326 e. The number of nitriles is 1. The molecule has 0 fully saturated rings. The van der Waals surface area contributed by atoms with Gasteiger partial charge in [0.05, 0.1) is 33.4 Å². The zero-order valence-corrected chi connectivity index (χ0v) is 36.2. The Kier molecular flexibility index (Phi) is 12.8. The summed E-state index contributed by atoms with van der Waals surface area (Å²) in [6.45, 7) is 3.24. The molecule has 3 atom stereocenters. The minimum atomic E-state index is -1.18. The average molecular weight is 880 g/mol. The highest BCUT2D eigenvalue weighted by molar-refractivity contribution is 6.42. The van der Waals surface area contributed by atoms with Crippen LogP contribution in [0.2, 0.25) is 10.0 Å². The van der Waals surface area contributed by atoms with Crippen molar-refractivity contribution in [3.8, 4) is 28.7 Å². The number of fused-ring (bicyclic) bond motifs is 2. The topological polar surface area (TPSA) is 132 Å². The maximum atomic E-state index is 14.4. The number of hydrogen-bond donors (Lipinski definition) is 2. The van der Waals surface area contributed by atoms with Crippen LogP contribution in [0.5, 0.6) is 11.5 Å². The second-order valence-electron chi connectivity index (χ2n) is 15.8. The SMILES string of the molecule is CCc1ccccc1CN1Cc2cc3c(cc2CC1C(=O)N[C@@H](Cc1ccc(-c2ccc(C#N)cc2)cc1)C(=O)O)N(C)C(=O)[C@H](c1ccc(OCc2ccc(Cl)c(Cl)c2)cc1)O3. The van der Waals surface area contributed by atoms with Gasteiger partial charge in [-0.1, -0.05) is 109 Å². The summed E-state index contributed by atoms with van der Waals surface area (Å²) in [5.74, 6) is -0.606. The lowest BCUT2D eigenvalue weighted by Gasteiger charge is -2.39. The summed E-state index contributed by atoms with van der Waals surface area (Å²) in [7, 11) is 1.72. The summed E-state index contributed by atoms with van der Waals surface area (Å²) >= 11 is 12.2. The van der Waals surface area contributed by atoms with Crippen LogP contribution in [0.4, 0.5) is 5.69 Å². The Morgan fingerprint density at radius 3 is 2.22 bits per heavy atom. The molecule has 2 N–H and O–H groups in total. The predicted octanol–water partition coefficient (Wildman–Crippen LogP) is 9.51. The first-order chi connectivity index (χ1) is 30.5. The first-order valence-electron chi connectivity index (χ1n) is 20.7. The molecule has 0 aromatic heterocycles. The number of aryl methyl sites for hydroxylation is 1. The number of hydrogen-bond acceptors (Lipinski definition) is 7. The molecular weight excluding hydrogens is 835 g/mol. The summed E-state index contributed by atoms with van der Waals surface area (Å²) in [5, 5.41) is 23.3. The van der Waals surface area contributed by atoms with E-state index in [1.807, 2.05) is 78.9 Å². The number of carboxylic acids is 1. The van der Waals surface area contributed by atoms with Gasteiger partial charge in [-0.2, -0.15) is 5.26 Å². The Bertz CT molecular complexity index is 2720. The highest BCUT2D eigenvalue weighted by Gasteiger charge is 2.38. The minimum Gasteiger partial charge on any atom is -0.489 e. The Balaban J connectivity index is 1.01. The van der Waals surface area contributed by atoms with Gasteiger partial charge in [-0.05, 0) is 106 Å². The molecule has 0 saturated carbocycles. The van der Waals surface area contributed by atoms with E-state index in [0.717, 1.165) is 50.9 Å². The Labute approximate surface area is 376 Å². The smallest absolute Gasteiger partial charge is 0.326 e. The molecule has 12 heteroatoms. The number of likely N-dealkylation sites (N-methyl/N-ethyl adjacent to an activating group) is 1. The van der Waals surface area contributed by atoms with E-state index in [0.29, 0.717) is 57.9 Å². The van der Waals surface area contributed by atoms with Crippen LogP contribution in [-0.2, 0) is 53.3 Å². The van der Waals surface area contributed by atoms with Gasteiger partial charge in [-0.15, -0.1) is 0 Å². The molecule has 2 aliphatic rings. The minimum absolute atomic E-state index is 0.0874. The molecule has 2 heterocycles. The van der Waals surface area contributed by atoms with E-state index in [1.54, 1.807) is 48.3 Å². The fourth-order valence-corrected chi connectivity index (χ4v) is 8.53. The van der Waals surface area contributed by atoms with Crippen molar-refractivity contribution < 1.29 is 29.0 Å². The van der Waals surface area contributed by atoms with Gasteiger partial charge in [0.15, 0.2) is 0 Å². The van der Waals surface area contributed by atoms with E-state index in [2.05, 4.69) is 35.3 Å². The number of rotatable bonds is 13. The quantitative estimate of drug-likeness (QED) is 0.117. The van der Waals surface area contributed by atoms with Crippen molar-refractivity contribution in [1.82, 2.24) is 10.2 Å². The summed E-state index contributed by atoms with van der Waals surface area (Å²) in [4.78, 5) is 44.6. The molecule has 0 aliphatic carbocycles. The lowest BCUT2D eigenvalue weighted by molar-refractivity contribution is -0.142. The van der Waals surface area contributed by atoms with E-state index in [-0.39, 0.29) is 24.8 Å². The standard InChI is InChI=1S/C51H44Cl2N4O6/c1-3-34-6-4-5-7-38(34)28-57-29-40-26-47-45(56(2)50(59)48(63-47)37-17-19-41(20-18-37)62-30-33-12-21-42(52)43(53)22-33)24-39(40)25-46(57)49(58)55-44(51(60)61)23-31-8-13-35(14-9-31)36-15-10-32(27-54)11-16-36/h4-22,24,26,44,46,48H,3,23,25,28-30H2,1-2H3,(H,55,58)(H,60,61)/t44-,46?,48-/m0/s1. The van der Waals surface area contributed by atoms with Crippen molar-refractivity contribution in [2.75, 3.05) is 11.9 Å². The number of carbonyl (C=O) groups excluding carboxylic acids is 2. The maximum absolute atomic E-state index is 14.4. The molecule has 6 aromatic rings. The summed E-state index contributed by atoms with van der Waals surface area (Å²) in [6.07, 6.45) is 0.309. The average Bonchev–Trinajstić information content (AvgIpc) is 3.30. The number of aliphatic carboxylic acids is 1. The number of anilines is 1. The van der Waals surface area contributed by atoms with Crippen LogP contribution >= 0.6 is 23.2 Å². The highest BCUT2D eigenvalue weighted by atomic mass is 35.5. The molecule has 0 bridgehead atoms. The van der Waals surface area contributed by atoms with Crippen LogP contribution in [-0.4, -0.2) is 46.9 Å². The Morgan fingerprint density at radius 2 is 1.56 bits per heavy atom. The zero-order chi connectivity index (χ0) is 44.2. The Morgan fingerprint density at radius 1 is 0.873 bits per heavy atom. The molecule has 10 nitrogen and oxygen atoms in total. The molecular formula is C51H44Cl2N4O6. The van der Waals surface area contributed by atoms with Gasteiger partial charge in [0, 0.05) is 32.1 Å². The summed E-state index contributed by atoms with van der Waals surface area (Å²) < 4.78 is 12.4. The normalized spacial score (nSPS) is 16.2. The molecule has 1 unspecified atom stereocenters. The molecule has 2 aliphatic heterocycles. The third-order valence-electron chi connectivity index (χ3n) is 11.8. The number of amides is 2. The van der Waals surface area contributed by atoms with Crippen LogP contribution in [0.25, 0.3) is 11.1 Å². The number of benzene rings is 6. The fraction of sp³-hybridized carbons (Fsp3) is 0.216. The van der Waals surface area contributed by atoms with Crippen LogP contribution < -0.4 is 19.7 Å². The molecule has 0 radical (unpaired) electrons. The third kappa shape index (κ3) is 9.57. The first kappa shape index (κ1) is 43.0. The number of carboxylic acid groups (broad SMARTS) is 1. The van der Waals surface area contributed by atoms with E-state index < -0.39 is 24.2 Å². The van der Waals surface area contributed by atoms with Gasteiger partial charge >= 0.3 is 5.97 Å². The van der Waals surface area contributed by atoms with Crippen molar-refractivity contribution in [2.24, 2.45) is 0 Å². The molecule has 318 valence electrons. The molecule has 0 spiro atoms. The Hall–Kier alpha value is -6.64. The molecule has 8 rings (SSSR count). The van der Waals surface area contributed by atoms with Gasteiger partial charge in [0.2, 0.25) is 12.0 Å². The van der Waals surface area contributed by atoms with Gasteiger partial charge in [0.1, 0.15) is 24.1 Å². The first-order valence-corrected chi connectivity index (χ1v) is 21.4. The van der Waals surface area contributed by atoms with Crippen molar-refractivity contribution >= 4 is 46.7 Å². The van der Waals surface area contributed by atoms with Gasteiger partial charge < -0.3 is 24.8 Å². The van der Waals surface area contributed by atoms with Crippen LogP contribution in [0.15, 0.2) is 127 Å². The number of halogens is 2. The summed E-state index contributed by atoms with van der Waals surface area (Å²) in [5.41, 5.74) is 9.39. The van der Waals surface area contributed by atoms with Crippen molar-refractivity contribution in [1.29, 1.82) is 5.26 Å². The van der Waals surface area contributed by atoms with Crippen LogP contribution in [0.3, 0.4) is 0 Å². The number of nitrogens with one attached hydrogen (secondary N) is 1. The fourth-order valence-electron chi connectivity index (χ4n) is 8.21. The monoisotopic (exact) mass is 878 g/mol. The van der Waals surface area contributed by atoms with E-state index in [1.165, 1.54) is 0 Å². The van der Waals surface area contributed by atoms with Crippen LogP contribution in [0, 0.1) is 11.3 Å². The highest BCUT2D eigenvalue weighted by Crippen LogP contribution is 2.42. The predicted molar refractivity (Wildman–Crippen MR) is 243 cm³/mol. The van der Waals surface area contributed by atoms with E-state index >= 15 is 0 Å². The molecule has 63 heavy (non-hydrogen) atoms. The molecule has 0 saturated heterocycles. The second-order valence-corrected chi connectivity index (χ2v) is 16.6. The largest absolute Gasteiger partial charge is 0.489 e. The lowest BCUT2D eigenvalue weighted by atomic mass is 9.90. The molecule has 2 amide bonds. The van der Waals surface area contributed by atoms with Crippen molar-refractivity contribution in [3.05, 3.63) is 182 Å². The number of nitrogens with zero attached hydrogens (tertiary/aromatic N) is 3. The number of ether oxygens (including phenoxy) is 2. The van der Waals surface area contributed by atoms with Gasteiger partial charge in [0.25, 0.3) is 5.91 Å². The second kappa shape index (κ2) is 18.8. The van der Waals surface area contributed by atoms with Crippen molar-refractivity contribution in [3.63, 3.8) is 0 Å². The number of carbonyl (C=O) groups is 3. The van der Waals surface area contributed by atoms with E-state index in [4.69, 9.17) is 37.9 Å². The third-order valence-corrected chi connectivity index (χ3v) is 12.5. The van der Waals surface area contributed by atoms with Gasteiger partial charge in [-0.25, -0.2) is 4.79 Å². The molecule has 6 aromatic carbocycles. The lowest BCUT2D eigenvalue weighted by Crippen LogP contribution is -2.54. The van der Waals surface area contributed by atoms with E-state index in [9.17, 15) is 19.5 Å².